The van der Waals surface area contributed by atoms with Crippen molar-refractivity contribution in [3.63, 3.8) is 0 Å². The molecule has 4 saturated carbocycles. The average molecular weight is 324 g/mol. The highest BCUT2D eigenvalue weighted by atomic mass is 32.2. The highest BCUT2D eigenvalue weighted by Gasteiger charge is 2.61. The summed E-state index contributed by atoms with van der Waals surface area (Å²) in [6, 6.07) is 0. The topological polar surface area (TPSA) is 97.7 Å². The van der Waals surface area contributed by atoms with Crippen molar-refractivity contribution in [2.24, 2.45) is 17.8 Å². The molecule has 0 aliphatic heterocycles. The lowest BCUT2D eigenvalue weighted by Crippen LogP contribution is -2.58. The zero-order chi connectivity index (χ0) is 15.6. The van der Waals surface area contributed by atoms with Gasteiger partial charge in [0.05, 0.1) is 0 Å². The van der Waals surface area contributed by atoms with E-state index in [1.165, 1.54) is 0 Å². The van der Waals surface area contributed by atoms with Crippen LogP contribution in [0.25, 0.3) is 0 Å². The Labute approximate surface area is 119 Å². The van der Waals surface area contributed by atoms with Crippen LogP contribution < -0.4 is 0 Å². The summed E-state index contributed by atoms with van der Waals surface area (Å²) in [4.78, 5) is 23.4. The van der Waals surface area contributed by atoms with Gasteiger partial charge in [-0.1, -0.05) is 0 Å². The number of halogens is 2. The molecule has 4 fully saturated rings. The van der Waals surface area contributed by atoms with Crippen LogP contribution in [-0.2, 0) is 24.4 Å². The molecule has 4 rings (SSSR count). The Balaban J connectivity index is 1.83. The van der Waals surface area contributed by atoms with Gasteiger partial charge in [-0.2, -0.15) is 17.2 Å². The van der Waals surface area contributed by atoms with Crippen LogP contribution in [0.15, 0.2) is 0 Å². The molecule has 4 bridgehead atoms. The molecular formula is C12H14F2O6S. The Hall–Kier alpha value is -1.09. The quantitative estimate of drug-likeness (QED) is 0.618. The van der Waals surface area contributed by atoms with Gasteiger partial charge in [-0.05, 0) is 38.0 Å². The lowest BCUT2D eigenvalue weighted by Gasteiger charge is -2.54. The third-order valence-corrected chi connectivity index (χ3v) is 5.62. The van der Waals surface area contributed by atoms with Crippen molar-refractivity contribution in [3.05, 3.63) is 0 Å². The number of alkyl halides is 2. The van der Waals surface area contributed by atoms with Gasteiger partial charge in [0.2, 0.25) is 0 Å². The van der Waals surface area contributed by atoms with Gasteiger partial charge in [0.15, 0.2) is 0 Å². The molecule has 0 radical (unpaired) electrons. The molecule has 0 aromatic rings. The van der Waals surface area contributed by atoms with Crippen molar-refractivity contribution >= 4 is 21.9 Å². The molecule has 21 heavy (non-hydrogen) atoms. The number of rotatable bonds is 3. The Morgan fingerprint density at radius 3 is 2.24 bits per heavy atom. The molecule has 4 aliphatic rings. The highest BCUT2D eigenvalue weighted by Crippen LogP contribution is 2.55. The first kappa shape index (κ1) is 14.8. The van der Waals surface area contributed by atoms with E-state index in [0.29, 0.717) is 19.3 Å². The van der Waals surface area contributed by atoms with E-state index in [-0.39, 0.29) is 36.4 Å². The standard InChI is InChI=1S/C12H14F2O6S/c13-12(14,21(17,18)19)10(16)20-11-3-6-1-7(4-11)9(15)8(2-6)5-11/h6-8H,1-5H2,(H,17,18,19)/t6?,7-,8?,11?/m1/s1. The second kappa shape index (κ2) is 4.22. The first-order valence-corrected chi connectivity index (χ1v) is 8.10. The maximum atomic E-state index is 13.3. The summed E-state index contributed by atoms with van der Waals surface area (Å²) in [5, 5.41) is -4.99. The Kier molecular flexibility index (Phi) is 2.98. The number of carbonyl (C=O) groups is 2. The first-order chi connectivity index (χ1) is 9.54. The van der Waals surface area contributed by atoms with Crippen LogP contribution in [0.1, 0.15) is 32.1 Å². The Morgan fingerprint density at radius 2 is 1.76 bits per heavy atom. The zero-order valence-electron chi connectivity index (χ0n) is 10.9. The molecule has 0 aromatic carbocycles. The average Bonchev–Trinajstić information content (AvgIpc) is 2.32. The fraction of sp³-hybridized carbons (Fsp3) is 0.833. The number of esters is 1. The number of hydrogen-bond donors (Lipinski definition) is 1. The molecule has 0 saturated heterocycles. The van der Waals surface area contributed by atoms with Crippen LogP contribution in [0, 0.1) is 17.8 Å². The van der Waals surface area contributed by atoms with Crippen LogP contribution in [0.4, 0.5) is 8.78 Å². The fourth-order valence-electron chi connectivity index (χ4n) is 4.16. The third-order valence-electron chi connectivity index (χ3n) is 4.81. The van der Waals surface area contributed by atoms with E-state index in [0.717, 1.165) is 0 Å². The summed E-state index contributed by atoms with van der Waals surface area (Å²) >= 11 is 0. The van der Waals surface area contributed by atoms with E-state index in [2.05, 4.69) is 0 Å². The van der Waals surface area contributed by atoms with E-state index >= 15 is 0 Å². The SMILES string of the molecule is O=C1C2CC3C[C@@H]1CC(OC(=O)C(F)(F)S(=O)(=O)O)(C3)C2. The van der Waals surface area contributed by atoms with Crippen molar-refractivity contribution in [2.45, 2.75) is 43.0 Å². The van der Waals surface area contributed by atoms with Crippen LogP contribution >= 0.6 is 0 Å². The van der Waals surface area contributed by atoms with Gasteiger partial charge in [-0.25, -0.2) is 4.79 Å². The van der Waals surface area contributed by atoms with Gasteiger partial charge in [-0.15, -0.1) is 0 Å². The molecule has 3 unspecified atom stereocenters. The number of hydrogen-bond acceptors (Lipinski definition) is 5. The van der Waals surface area contributed by atoms with E-state index in [1.54, 1.807) is 0 Å². The predicted molar refractivity (Wildman–Crippen MR) is 63.9 cm³/mol. The van der Waals surface area contributed by atoms with Gasteiger partial charge in [-0.3, -0.25) is 9.35 Å². The summed E-state index contributed by atoms with van der Waals surface area (Å²) in [6.45, 7) is 0. The molecule has 0 spiro atoms. The van der Waals surface area contributed by atoms with Crippen molar-refractivity contribution in [1.82, 2.24) is 0 Å². The van der Waals surface area contributed by atoms with Crippen LogP contribution in [0.5, 0.6) is 0 Å². The number of ether oxygens (including phenoxy) is 1. The van der Waals surface area contributed by atoms with Crippen molar-refractivity contribution in [3.8, 4) is 0 Å². The first-order valence-electron chi connectivity index (χ1n) is 6.66. The van der Waals surface area contributed by atoms with Crippen LogP contribution in [-0.4, -0.2) is 35.6 Å². The van der Waals surface area contributed by atoms with Gasteiger partial charge in [0, 0.05) is 11.8 Å². The minimum atomic E-state index is -5.87. The fourth-order valence-corrected chi connectivity index (χ4v) is 4.41. The maximum Gasteiger partial charge on any atom is 0.465 e. The normalized spacial score (nSPS) is 38.6. The minimum absolute atomic E-state index is 0.0826. The van der Waals surface area contributed by atoms with Gasteiger partial charge < -0.3 is 4.74 Å². The van der Waals surface area contributed by atoms with Crippen LogP contribution in [0.3, 0.4) is 0 Å². The van der Waals surface area contributed by atoms with E-state index in [9.17, 15) is 26.8 Å². The van der Waals surface area contributed by atoms with Crippen molar-refractivity contribution in [2.75, 3.05) is 0 Å². The number of ketones is 1. The highest BCUT2D eigenvalue weighted by molar-refractivity contribution is 7.87. The summed E-state index contributed by atoms with van der Waals surface area (Å²) in [5.74, 6) is -2.65. The zero-order valence-corrected chi connectivity index (χ0v) is 11.7. The molecule has 6 nitrogen and oxygen atoms in total. The van der Waals surface area contributed by atoms with E-state index in [1.807, 2.05) is 0 Å². The predicted octanol–water partition coefficient (Wildman–Crippen LogP) is 1.16. The third kappa shape index (κ3) is 2.17. The molecule has 4 atom stereocenters. The van der Waals surface area contributed by atoms with Crippen molar-refractivity contribution < 1.29 is 36.1 Å². The molecule has 1 N–H and O–H groups in total. The Morgan fingerprint density at radius 1 is 1.24 bits per heavy atom. The maximum absolute atomic E-state index is 13.3. The lowest BCUT2D eigenvalue weighted by atomic mass is 9.53. The largest absolute Gasteiger partial charge is 0.465 e. The second-order valence-corrected chi connectivity index (χ2v) is 7.77. The smallest absolute Gasteiger partial charge is 0.454 e. The minimum Gasteiger partial charge on any atom is -0.454 e. The molecule has 9 heteroatoms. The van der Waals surface area contributed by atoms with E-state index in [4.69, 9.17) is 9.29 Å². The molecule has 0 heterocycles. The van der Waals surface area contributed by atoms with Gasteiger partial charge in [0.1, 0.15) is 11.4 Å². The molecule has 118 valence electrons. The van der Waals surface area contributed by atoms with E-state index < -0.39 is 26.9 Å². The summed E-state index contributed by atoms with van der Waals surface area (Å²) in [5.41, 5.74) is -1.20. The monoisotopic (exact) mass is 324 g/mol. The van der Waals surface area contributed by atoms with Gasteiger partial charge >= 0.3 is 21.3 Å². The molecule has 0 amide bonds. The molecular weight excluding hydrogens is 310 g/mol. The summed E-state index contributed by atoms with van der Waals surface area (Å²) < 4.78 is 61.0. The number of carbonyl (C=O) groups excluding carboxylic acids is 2. The van der Waals surface area contributed by atoms with Crippen LogP contribution in [0.2, 0.25) is 0 Å². The molecule has 4 aliphatic carbocycles. The Bertz CT molecular complexity index is 595. The van der Waals surface area contributed by atoms with Crippen molar-refractivity contribution in [1.29, 1.82) is 0 Å². The second-order valence-electron chi connectivity index (χ2n) is 6.31. The number of Topliss-reactive ketones (excluding diaryl/α,β-unsaturated/α-hetero) is 1. The lowest BCUT2D eigenvalue weighted by molar-refractivity contribution is -0.201. The summed E-state index contributed by atoms with van der Waals surface area (Å²) in [7, 11) is -5.87. The summed E-state index contributed by atoms with van der Waals surface area (Å²) in [6.07, 6.45) is 2.02. The molecule has 0 aromatic heterocycles. The van der Waals surface area contributed by atoms with Gasteiger partial charge in [0.25, 0.3) is 0 Å².